The van der Waals surface area contributed by atoms with E-state index in [1.807, 2.05) is 6.92 Å². The number of cyclic esters (lactones) is 1. The van der Waals surface area contributed by atoms with Gasteiger partial charge in [-0.1, -0.05) is 6.92 Å². The van der Waals surface area contributed by atoms with Crippen molar-refractivity contribution in [2.75, 3.05) is 6.61 Å². The number of ether oxygens (including phenoxy) is 1. The molecule has 0 saturated heterocycles. The predicted molar refractivity (Wildman–Crippen MR) is 59.8 cm³/mol. The van der Waals surface area contributed by atoms with Crippen molar-refractivity contribution in [3.05, 3.63) is 11.1 Å². The minimum absolute atomic E-state index is 0.210. The standard InChI is InChI=1S/C12H20O4/c1-3-9(13)5-4-6-11(14)10-7-16-12(15)8(10)2/h9,11,13-14H,3-7H2,1-2H3/t9-,11?/m1/s1. The summed E-state index contributed by atoms with van der Waals surface area (Å²) in [6.45, 7) is 3.81. The van der Waals surface area contributed by atoms with Crippen LogP contribution in [0.25, 0.3) is 0 Å². The van der Waals surface area contributed by atoms with Gasteiger partial charge < -0.3 is 14.9 Å². The third-order valence-corrected chi connectivity index (χ3v) is 3.04. The topological polar surface area (TPSA) is 66.8 Å². The number of hydrogen-bond acceptors (Lipinski definition) is 4. The molecule has 0 aliphatic carbocycles. The minimum atomic E-state index is -0.615. The quantitative estimate of drug-likeness (QED) is 0.669. The van der Waals surface area contributed by atoms with E-state index in [4.69, 9.17) is 4.74 Å². The van der Waals surface area contributed by atoms with Gasteiger partial charge in [-0.25, -0.2) is 4.79 Å². The fourth-order valence-electron chi connectivity index (χ4n) is 1.76. The monoisotopic (exact) mass is 228 g/mol. The Bertz CT molecular complexity index is 283. The number of esters is 1. The number of aliphatic hydroxyl groups is 2. The Morgan fingerprint density at radius 3 is 2.56 bits per heavy atom. The maximum Gasteiger partial charge on any atom is 0.334 e. The fraction of sp³-hybridized carbons (Fsp3) is 0.750. The van der Waals surface area contributed by atoms with Gasteiger partial charge in [0.25, 0.3) is 0 Å². The summed E-state index contributed by atoms with van der Waals surface area (Å²) in [6, 6.07) is 0. The second kappa shape index (κ2) is 6.01. The third kappa shape index (κ3) is 3.32. The van der Waals surface area contributed by atoms with Crippen LogP contribution in [0, 0.1) is 0 Å². The second-order valence-electron chi connectivity index (χ2n) is 4.24. The molecule has 4 nitrogen and oxygen atoms in total. The van der Waals surface area contributed by atoms with Crippen LogP contribution >= 0.6 is 0 Å². The van der Waals surface area contributed by atoms with Crippen LogP contribution in [0.15, 0.2) is 11.1 Å². The Morgan fingerprint density at radius 1 is 1.38 bits per heavy atom. The van der Waals surface area contributed by atoms with Crippen LogP contribution in [-0.4, -0.2) is 35.0 Å². The van der Waals surface area contributed by atoms with Gasteiger partial charge in [0.1, 0.15) is 6.61 Å². The van der Waals surface area contributed by atoms with Crippen LogP contribution in [0.1, 0.15) is 39.5 Å². The van der Waals surface area contributed by atoms with Gasteiger partial charge in [0.15, 0.2) is 0 Å². The number of rotatable bonds is 6. The molecule has 0 amide bonds. The minimum Gasteiger partial charge on any atom is -0.458 e. The molecule has 92 valence electrons. The van der Waals surface area contributed by atoms with Crippen molar-refractivity contribution in [2.45, 2.75) is 51.7 Å². The molecule has 0 fully saturated rings. The number of carbonyl (C=O) groups excluding carboxylic acids is 1. The van der Waals surface area contributed by atoms with Crippen LogP contribution < -0.4 is 0 Å². The Kier molecular flexibility index (Phi) is 4.96. The largest absolute Gasteiger partial charge is 0.458 e. The number of carbonyl (C=O) groups is 1. The SMILES string of the molecule is CC[C@@H](O)CCCC(O)C1=C(C)C(=O)OC1. The number of aliphatic hydroxyl groups excluding tert-OH is 2. The zero-order chi connectivity index (χ0) is 12.1. The van der Waals surface area contributed by atoms with E-state index < -0.39 is 6.10 Å². The van der Waals surface area contributed by atoms with Gasteiger partial charge in [0.2, 0.25) is 0 Å². The summed E-state index contributed by atoms with van der Waals surface area (Å²) in [5.74, 6) is -0.331. The molecule has 4 heteroatoms. The highest BCUT2D eigenvalue weighted by molar-refractivity contribution is 5.91. The van der Waals surface area contributed by atoms with Crippen molar-refractivity contribution >= 4 is 5.97 Å². The van der Waals surface area contributed by atoms with E-state index in [0.29, 0.717) is 24.0 Å². The molecule has 0 saturated carbocycles. The second-order valence-corrected chi connectivity index (χ2v) is 4.24. The highest BCUT2D eigenvalue weighted by Crippen LogP contribution is 2.21. The maximum absolute atomic E-state index is 11.1. The van der Waals surface area contributed by atoms with Gasteiger partial charge in [0, 0.05) is 11.1 Å². The summed E-state index contributed by atoms with van der Waals surface area (Å²) in [5.41, 5.74) is 1.22. The Hall–Kier alpha value is -0.870. The van der Waals surface area contributed by atoms with E-state index in [-0.39, 0.29) is 18.7 Å². The predicted octanol–water partition coefficient (Wildman–Crippen LogP) is 1.16. The van der Waals surface area contributed by atoms with Crippen molar-refractivity contribution in [3.8, 4) is 0 Å². The molecule has 1 heterocycles. The molecule has 1 rings (SSSR count). The van der Waals surface area contributed by atoms with E-state index in [9.17, 15) is 15.0 Å². The molecule has 0 radical (unpaired) electrons. The van der Waals surface area contributed by atoms with Gasteiger partial charge in [-0.05, 0) is 32.6 Å². The molecular formula is C12H20O4. The van der Waals surface area contributed by atoms with Crippen molar-refractivity contribution in [1.29, 1.82) is 0 Å². The summed E-state index contributed by atoms with van der Waals surface area (Å²) in [6.07, 6.45) is 1.84. The van der Waals surface area contributed by atoms with E-state index in [2.05, 4.69) is 0 Å². The Morgan fingerprint density at radius 2 is 2.06 bits per heavy atom. The first kappa shape index (κ1) is 13.2. The molecule has 0 aromatic rings. The van der Waals surface area contributed by atoms with Crippen LogP contribution in [0.4, 0.5) is 0 Å². The first-order valence-electron chi connectivity index (χ1n) is 5.79. The summed E-state index contributed by atoms with van der Waals surface area (Å²) in [7, 11) is 0. The van der Waals surface area contributed by atoms with Crippen LogP contribution in [0.3, 0.4) is 0 Å². The average molecular weight is 228 g/mol. The van der Waals surface area contributed by atoms with Crippen LogP contribution in [-0.2, 0) is 9.53 Å². The molecule has 0 aromatic heterocycles. The lowest BCUT2D eigenvalue weighted by molar-refractivity contribution is -0.135. The molecule has 2 N–H and O–H groups in total. The van der Waals surface area contributed by atoms with E-state index >= 15 is 0 Å². The number of hydrogen-bond donors (Lipinski definition) is 2. The molecule has 2 atom stereocenters. The first-order chi connectivity index (χ1) is 7.56. The van der Waals surface area contributed by atoms with Crippen LogP contribution in [0.2, 0.25) is 0 Å². The van der Waals surface area contributed by atoms with Gasteiger partial charge in [0.05, 0.1) is 12.2 Å². The lowest BCUT2D eigenvalue weighted by Gasteiger charge is -2.12. The lowest BCUT2D eigenvalue weighted by Crippen LogP contribution is -2.14. The summed E-state index contributed by atoms with van der Waals surface area (Å²) < 4.78 is 4.83. The van der Waals surface area contributed by atoms with E-state index in [1.54, 1.807) is 6.92 Å². The molecule has 1 unspecified atom stereocenters. The molecule has 1 aliphatic rings. The molecular weight excluding hydrogens is 208 g/mol. The Labute approximate surface area is 95.9 Å². The normalized spacial score (nSPS) is 19.9. The molecule has 1 aliphatic heterocycles. The smallest absolute Gasteiger partial charge is 0.334 e. The van der Waals surface area contributed by atoms with Gasteiger partial charge in [-0.2, -0.15) is 0 Å². The zero-order valence-corrected chi connectivity index (χ0v) is 9.90. The molecule has 0 spiro atoms. The average Bonchev–Trinajstić information content (AvgIpc) is 2.59. The maximum atomic E-state index is 11.1. The highest BCUT2D eigenvalue weighted by atomic mass is 16.5. The third-order valence-electron chi connectivity index (χ3n) is 3.04. The van der Waals surface area contributed by atoms with Crippen molar-refractivity contribution in [2.24, 2.45) is 0 Å². The fourth-order valence-corrected chi connectivity index (χ4v) is 1.76. The molecule has 0 aromatic carbocycles. The molecule has 0 bridgehead atoms. The summed E-state index contributed by atoms with van der Waals surface area (Å²) >= 11 is 0. The lowest BCUT2D eigenvalue weighted by atomic mass is 10.00. The first-order valence-corrected chi connectivity index (χ1v) is 5.79. The van der Waals surface area contributed by atoms with Crippen molar-refractivity contribution in [1.82, 2.24) is 0 Å². The van der Waals surface area contributed by atoms with Gasteiger partial charge >= 0.3 is 5.97 Å². The summed E-state index contributed by atoms with van der Waals surface area (Å²) in [4.78, 5) is 11.1. The van der Waals surface area contributed by atoms with Gasteiger partial charge in [-0.15, -0.1) is 0 Å². The van der Waals surface area contributed by atoms with E-state index in [0.717, 1.165) is 12.8 Å². The Balaban J connectivity index is 2.36. The summed E-state index contributed by atoms with van der Waals surface area (Å²) in [5, 5.41) is 19.2. The highest BCUT2D eigenvalue weighted by Gasteiger charge is 2.25. The van der Waals surface area contributed by atoms with Crippen molar-refractivity contribution < 1.29 is 19.7 Å². The van der Waals surface area contributed by atoms with Crippen LogP contribution in [0.5, 0.6) is 0 Å². The van der Waals surface area contributed by atoms with Gasteiger partial charge in [-0.3, -0.25) is 0 Å². The van der Waals surface area contributed by atoms with Crippen molar-refractivity contribution in [3.63, 3.8) is 0 Å². The van der Waals surface area contributed by atoms with E-state index in [1.165, 1.54) is 0 Å². The zero-order valence-electron chi connectivity index (χ0n) is 9.90. The molecule has 16 heavy (non-hydrogen) atoms.